The Kier molecular flexibility index (Phi) is 7.69. The molecule has 0 amide bonds. The van der Waals surface area contributed by atoms with Gasteiger partial charge in [-0.25, -0.2) is 0 Å². The molecule has 1 aliphatic heterocycles. The van der Waals surface area contributed by atoms with Gasteiger partial charge in [-0.05, 0) is 50.4 Å². The second-order valence-corrected chi connectivity index (χ2v) is 7.19. The molecule has 23 heavy (non-hydrogen) atoms. The van der Waals surface area contributed by atoms with Crippen molar-refractivity contribution in [2.24, 2.45) is 5.41 Å². The molecule has 0 aromatic carbocycles. The number of likely N-dealkylation sites (tertiary alicyclic amines) is 1. The molecule has 1 aromatic heterocycles. The van der Waals surface area contributed by atoms with E-state index in [9.17, 15) is 9.59 Å². The van der Waals surface area contributed by atoms with Crippen LogP contribution in [0.3, 0.4) is 0 Å². The van der Waals surface area contributed by atoms with Crippen molar-refractivity contribution >= 4 is 5.78 Å². The molecule has 1 aromatic rings. The lowest BCUT2D eigenvalue weighted by atomic mass is 9.83. The number of rotatable bonds is 4. The van der Waals surface area contributed by atoms with E-state index in [4.69, 9.17) is 0 Å². The van der Waals surface area contributed by atoms with Gasteiger partial charge in [-0.15, -0.1) is 0 Å². The number of Topliss-reactive ketones (excluding diaryl/α,β-unsaturated/α-hetero) is 1. The number of hydrogen-bond donors (Lipinski definition) is 0. The van der Waals surface area contributed by atoms with Crippen molar-refractivity contribution in [3.8, 4) is 0 Å². The van der Waals surface area contributed by atoms with Crippen LogP contribution in [0.4, 0.5) is 0 Å². The van der Waals surface area contributed by atoms with E-state index in [0.717, 1.165) is 19.6 Å². The molecule has 0 aliphatic carbocycles. The van der Waals surface area contributed by atoms with Crippen LogP contribution in [0.25, 0.3) is 0 Å². The molecule has 4 nitrogen and oxygen atoms in total. The van der Waals surface area contributed by atoms with Gasteiger partial charge >= 0.3 is 0 Å². The van der Waals surface area contributed by atoms with Crippen molar-refractivity contribution in [2.75, 3.05) is 19.6 Å². The maximum Gasteiger partial charge on any atom is 0.261 e. The van der Waals surface area contributed by atoms with E-state index in [1.54, 1.807) is 22.9 Å². The molecule has 1 fully saturated rings. The van der Waals surface area contributed by atoms with Gasteiger partial charge in [0.25, 0.3) is 5.56 Å². The van der Waals surface area contributed by atoms with Gasteiger partial charge in [0.05, 0.1) is 5.56 Å². The summed E-state index contributed by atoms with van der Waals surface area (Å²) in [5, 5.41) is 0. The van der Waals surface area contributed by atoms with E-state index in [0.29, 0.717) is 12.0 Å². The number of carbonyl (C=O) groups excluding carboxylic acids is 1. The molecule has 0 unspecified atom stereocenters. The van der Waals surface area contributed by atoms with Gasteiger partial charge < -0.3 is 9.47 Å². The summed E-state index contributed by atoms with van der Waals surface area (Å²) in [5.74, 6) is -0.163. The highest BCUT2D eigenvalue weighted by Crippen LogP contribution is 2.29. The minimum Gasteiger partial charge on any atom is -0.314 e. The van der Waals surface area contributed by atoms with Crippen LogP contribution in [-0.2, 0) is 6.54 Å². The standard InChI is InChI=1S/C16H24N2O2.C3H8/c1-13(19)14-5-4-8-18(15(14)20)12-11-17-9-6-16(2,3)7-10-17;1-3-2/h4-5,8H,6-7,9-12H2,1-3H3;3H2,1-2H3. The summed E-state index contributed by atoms with van der Waals surface area (Å²) in [5.41, 5.74) is 0.562. The highest BCUT2D eigenvalue weighted by molar-refractivity contribution is 5.93. The number of pyridine rings is 1. The van der Waals surface area contributed by atoms with Gasteiger partial charge in [0.2, 0.25) is 0 Å². The molecule has 0 spiro atoms. The largest absolute Gasteiger partial charge is 0.314 e. The van der Waals surface area contributed by atoms with Crippen molar-refractivity contribution in [1.82, 2.24) is 9.47 Å². The zero-order valence-electron chi connectivity index (χ0n) is 15.4. The first-order valence-corrected chi connectivity index (χ1v) is 8.73. The Bertz CT molecular complexity index is 551. The van der Waals surface area contributed by atoms with Crippen molar-refractivity contribution in [2.45, 2.75) is 60.4 Å². The van der Waals surface area contributed by atoms with Crippen molar-refractivity contribution in [3.63, 3.8) is 0 Å². The Morgan fingerprint density at radius 1 is 1.17 bits per heavy atom. The Morgan fingerprint density at radius 2 is 1.74 bits per heavy atom. The highest BCUT2D eigenvalue weighted by atomic mass is 16.1. The van der Waals surface area contributed by atoms with Crippen molar-refractivity contribution in [1.29, 1.82) is 0 Å². The van der Waals surface area contributed by atoms with Crippen LogP contribution in [0.2, 0.25) is 0 Å². The fourth-order valence-electron chi connectivity index (χ4n) is 2.61. The number of carbonyl (C=O) groups is 1. The maximum atomic E-state index is 12.1. The zero-order valence-corrected chi connectivity index (χ0v) is 15.4. The number of ketones is 1. The van der Waals surface area contributed by atoms with Crippen LogP contribution in [-0.4, -0.2) is 34.9 Å². The van der Waals surface area contributed by atoms with Crippen molar-refractivity contribution in [3.05, 3.63) is 34.2 Å². The fraction of sp³-hybridized carbons (Fsp3) is 0.684. The molecule has 0 N–H and O–H groups in total. The predicted molar refractivity (Wildman–Crippen MR) is 96.1 cm³/mol. The Morgan fingerprint density at radius 3 is 2.26 bits per heavy atom. The molecule has 1 aliphatic rings. The Balaban J connectivity index is 0.000000816. The molecule has 0 atom stereocenters. The smallest absolute Gasteiger partial charge is 0.261 e. The van der Waals surface area contributed by atoms with Gasteiger partial charge in [-0.3, -0.25) is 9.59 Å². The second kappa shape index (κ2) is 9.02. The van der Waals surface area contributed by atoms with Crippen LogP contribution in [0.15, 0.2) is 23.1 Å². The monoisotopic (exact) mass is 320 g/mol. The third-order valence-electron chi connectivity index (χ3n) is 4.27. The molecule has 0 bridgehead atoms. The lowest BCUT2D eigenvalue weighted by molar-refractivity contribution is 0.101. The van der Waals surface area contributed by atoms with Gasteiger partial charge in [0.1, 0.15) is 0 Å². The van der Waals surface area contributed by atoms with Crippen LogP contribution < -0.4 is 5.56 Å². The van der Waals surface area contributed by atoms with Gasteiger partial charge in [-0.1, -0.05) is 34.1 Å². The van der Waals surface area contributed by atoms with E-state index in [1.807, 2.05) is 0 Å². The number of nitrogens with zero attached hydrogens (tertiary/aromatic N) is 2. The third kappa shape index (κ3) is 6.30. The van der Waals surface area contributed by atoms with Crippen LogP contribution >= 0.6 is 0 Å². The van der Waals surface area contributed by atoms with E-state index in [2.05, 4.69) is 32.6 Å². The molecule has 130 valence electrons. The molecule has 1 saturated heterocycles. The minimum absolute atomic E-state index is 0.163. The summed E-state index contributed by atoms with van der Waals surface area (Å²) >= 11 is 0. The quantitative estimate of drug-likeness (QED) is 0.796. The first-order valence-electron chi connectivity index (χ1n) is 8.73. The summed E-state index contributed by atoms with van der Waals surface area (Å²) in [4.78, 5) is 25.9. The molecular weight excluding hydrogens is 288 g/mol. The summed E-state index contributed by atoms with van der Waals surface area (Å²) in [6.45, 7) is 14.0. The molecule has 2 rings (SSSR count). The number of piperidine rings is 1. The average molecular weight is 320 g/mol. The molecular formula is C19H32N2O2. The summed E-state index contributed by atoms with van der Waals surface area (Å²) < 4.78 is 1.65. The number of aromatic nitrogens is 1. The highest BCUT2D eigenvalue weighted by Gasteiger charge is 2.24. The average Bonchev–Trinajstić information content (AvgIpc) is 2.48. The normalized spacial score (nSPS) is 17.3. The first-order chi connectivity index (χ1) is 10.8. The Labute approximate surface area is 140 Å². The maximum absolute atomic E-state index is 12.1. The van der Waals surface area contributed by atoms with Gasteiger partial charge in [0.15, 0.2) is 5.78 Å². The van der Waals surface area contributed by atoms with E-state index >= 15 is 0 Å². The van der Waals surface area contributed by atoms with Crippen molar-refractivity contribution < 1.29 is 4.79 Å². The summed E-state index contributed by atoms with van der Waals surface area (Å²) in [7, 11) is 0. The van der Waals surface area contributed by atoms with Gasteiger partial charge in [0, 0.05) is 19.3 Å². The minimum atomic E-state index is -0.169. The van der Waals surface area contributed by atoms with Gasteiger partial charge in [-0.2, -0.15) is 0 Å². The predicted octanol–water partition coefficient (Wildman–Crippen LogP) is 3.59. The SMILES string of the molecule is CC(=O)c1cccn(CCN2CCC(C)(C)CC2)c1=O.CCC. The summed E-state index contributed by atoms with van der Waals surface area (Å²) in [6, 6.07) is 3.38. The zero-order chi connectivity index (χ0) is 17.5. The Hall–Kier alpha value is -1.42. The number of hydrogen-bond acceptors (Lipinski definition) is 3. The molecule has 0 radical (unpaired) electrons. The second-order valence-electron chi connectivity index (χ2n) is 7.19. The molecule has 0 saturated carbocycles. The third-order valence-corrected chi connectivity index (χ3v) is 4.27. The van der Waals surface area contributed by atoms with Crippen LogP contribution in [0.5, 0.6) is 0 Å². The molecule has 4 heteroatoms. The van der Waals surface area contributed by atoms with E-state index in [-0.39, 0.29) is 16.9 Å². The lowest BCUT2D eigenvalue weighted by Gasteiger charge is -2.36. The first kappa shape index (κ1) is 19.6. The molecule has 2 heterocycles. The lowest BCUT2D eigenvalue weighted by Crippen LogP contribution is -2.40. The van der Waals surface area contributed by atoms with Crippen LogP contribution in [0, 0.1) is 5.41 Å². The van der Waals surface area contributed by atoms with E-state index in [1.165, 1.54) is 26.2 Å². The van der Waals surface area contributed by atoms with E-state index < -0.39 is 0 Å². The fourth-order valence-corrected chi connectivity index (χ4v) is 2.61. The van der Waals surface area contributed by atoms with Crippen LogP contribution in [0.1, 0.15) is 64.2 Å². The topological polar surface area (TPSA) is 42.3 Å². The summed E-state index contributed by atoms with van der Waals surface area (Å²) in [6.07, 6.45) is 5.42.